The van der Waals surface area contributed by atoms with Gasteiger partial charge in [-0.15, -0.1) is 11.3 Å². The molecule has 0 radical (unpaired) electrons. The van der Waals surface area contributed by atoms with Crippen LogP contribution in [0.2, 0.25) is 0 Å². The molecule has 0 aromatic carbocycles. The van der Waals surface area contributed by atoms with Crippen molar-refractivity contribution in [3.05, 3.63) is 16.6 Å². The number of thiazole rings is 1. The minimum atomic E-state index is -0.103. The molecule has 0 bridgehead atoms. The van der Waals surface area contributed by atoms with Crippen LogP contribution >= 0.6 is 11.3 Å². The van der Waals surface area contributed by atoms with Gasteiger partial charge in [0.2, 0.25) is 0 Å². The smallest absolute Gasteiger partial charge is 0.112 e. The molecule has 0 spiro atoms. The van der Waals surface area contributed by atoms with Crippen LogP contribution < -0.4 is 11.1 Å². The zero-order valence-corrected chi connectivity index (χ0v) is 11.5. The maximum absolute atomic E-state index is 6.28. The first-order valence-corrected chi connectivity index (χ1v) is 6.75. The number of aromatic nitrogens is 1. The Kier molecular flexibility index (Phi) is 4.47. The molecule has 92 valence electrons. The summed E-state index contributed by atoms with van der Waals surface area (Å²) in [7, 11) is 0. The lowest BCUT2D eigenvalue weighted by Gasteiger charge is -2.32. The zero-order chi connectivity index (χ0) is 12.2. The van der Waals surface area contributed by atoms with Crippen molar-refractivity contribution in [3.63, 3.8) is 0 Å². The van der Waals surface area contributed by atoms with Gasteiger partial charge in [-0.2, -0.15) is 0 Å². The van der Waals surface area contributed by atoms with Crippen LogP contribution in [0.1, 0.15) is 45.5 Å². The predicted octanol–water partition coefficient (Wildman–Crippen LogP) is 2.49. The van der Waals surface area contributed by atoms with E-state index in [-0.39, 0.29) is 11.1 Å². The van der Waals surface area contributed by atoms with Gasteiger partial charge in [0.05, 0.1) is 5.54 Å². The van der Waals surface area contributed by atoms with Crippen LogP contribution in [-0.4, -0.2) is 17.1 Å². The highest BCUT2D eigenvalue weighted by atomic mass is 32.1. The van der Waals surface area contributed by atoms with Crippen LogP contribution in [0.25, 0.3) is 0 Å². The van der Waals surface area contributed by atoms with Crippen molar-refractivity contribution in [3.8, 4) is 0 Å². The van der Waals surface area contributed by atoms with Crippen molar-refractivity contribution in [2.45, 2.75) is 51.6 Å². The largest absolute Gasteiger partial charge is 0.324 e. The monoisotopic (exact) mass is 241 g/mol. The lowest BCUT2D eigenvalue weighted by molar-refractivity contribution is 0.304. The molecule has 0 aliphatic carbocycles. The molecule has 0 saturated heterocycles. The summed E-state index contributed by atoms with van der Waals surface area (Å²) in [5.74, 6) is 0. The van der Waals surface area contributed by atoms with Crippen molar-refractivity contribution in [1.82, 2.24) is 10.3 Å². The Morgan fingerprint density at radius 3 is 2.44 bits per heavy atom. The van der Waals surface area contributed by atoms with E-state index in [2.05, 4.69) is 38.0 Å². The molecule has 0 aliphatic rings. The minimum absolute atomic E-state index is 0.0941. The Labute approximate surface area is 102 Å². The van der Waals surface area contributed by atoms with E-state index >= 15 is 0 Å². The maximum atomic E-state index is 6.28. The SMILES string of the molecule is CCC(N)(CC)CNC(C)(C)c1nccs1. The summed E-state index contributed by atoms with van der Waals surface area (Å²) in [6, 6.07) is 0. The fourth-order valence-corrected chi connectivity index (χ4v) is 2.24. The van der Waals surface area contributed by atoms with Gasteiger partial charge < -0.3 is 11.1 Å². The van der Waals surface area contributed by atoms with E-state index in [0.717, 1.165) is 24.4 Å². The third-order valence-electron chi connectivity index (χ3n) is 3.26. The Morgan fingerprint density at radius 2 is 2.00 bits per heavy atom. The second kappa shape index (κ2) is 5.25. The third kappa shape index (κ3) is 3.27. The zero-order valence-electron chi connectivity index (χ0n) is 10.7. The topological polar surface area (TPSA) is 50.9 Å². The molecule has 3 nitrogen and oxygen atoms in total. The number of hydrogen-bond donors (Lipinski definition) is 2. The highest BCUT2D eigenvalue weighted by Gasteiger charge is 2.27. The lowest BCUT2D eigenvalue weighted by atomic mass is 9.93. The first-order valence-electron chi connectivity index (χ1n) is 5.87. The van der Waals surface area contributed by atoms with E-state index < -0.39 is 0 Å². The molecule has 1 heterocycles. The molecule has 0 fully saturated rings. The highest BCUT2D eigenvalue weighted by molar-refractivity contribution is 7.09. The van der Waals surface area contributed by atoms with Gasteiger partial charge in [-0.1, -0.05) is 13.8 Å². The molecule has 4 heteroatoms. The molecule has 1 rings (SSSR count). The summed E-state index contributed by atoms with van der Waals surface area (Å²) in [6.07, 6.45) is 3.83. The van der Waals surface area contributed by atoms with Crippen LogP contribution in [0.3, 0.4) is 0 Å². The maximum Gasteiger partial charge on any atom is 0.112 e. The van der Waals surface area contributed by atoms with Crippen LogP contribution in [0.15, 0.2) is 11.6 Å². The van der Waals surface area contributed by atoms with Crippen molar-refractivity contribution in [2.75, 3.05) is 6.54 Å². The van der Waals surface area contributed by atoms with Gasteiger partial charge in [0.1, 0.15) is 5.01 Å². The summed E-state index contributed by atoms with van der Waals surface area (Å²) in [4.78, 5) is 4.36. The lowest BCUT2D eigenvalue weighted by Crippen LogP contribution is -2.52. The first-order chi connectivity index (χ1) is 7.43. The molecule has 3 N–H and O–H groups in total. The van der Waals surface area contributed by atoms with Gasteiger partial charge >= 0.3 is 0 Å². The molecule has 0 unspecified atom stereocenters. The van der Waals surface area contributed by atoms with Gasteiger partial charge in [0.15, 0.2) is 0 Å². The van der Waals surface area contributed by atoms with E-state index in [0.29, 0.717) is 0 Å². The van der Waals surface area contributed by atoms with Crippen molar-refractivity contribution in [2.24, 2.45) is 5.73 Å². The first kappa shape index (κ1) is 13.6. The molecule has 16 heavy (non-hydrogen) atoms. The molecular formula is C12H23N3S. The Balaban J connectivity index is 2.61. The van der Waals surface area contributed by atoms with Crippen molar-refractivity contribution < 1.29 is 0 Å². The van der Waals surface area contributed by atoms with E-state index in [1.165, 1.54) is 0 Å². The summed E-state index contributed by atoms with van der Waals surface area (Å²) in [5.41, 5.74) is 6.08. The van der Waals surface area contributed by atoms with Crippen LogP contribution in [-0.2, 0) is 5.54 Å². The molecule has 0 aliphatic heterocycles. The minimum Gasteiger partial charge on any atom is -0.324 e. The van der Waals surface area contributed by atoms with Crippen molar-refractivity contribution in [1.29, 1.82) is 0 Å². The quantitative estimate of drug-likeness (QED) is 0.804. The van der Waals surface area contributed by atoms with Gasteiger partial charge in [0, 0.05) is 23.7 Å². The Bertz CT molecular complexity index is 302. The van der Waals surface area contributed by atoms with Gasteiger partial charge in [-0.3, -0.25) is 0 Å². The van der Waals surface area contributed by atoms with Crippen LogP contribution in [0, 0.1) is 0 Å². The molecule has 1 aromatic heterocycles. The summed E-state index contributed by atoms with van der Waals surface area (Å²) in [5, 5.41) is 6.65. The Hall–Kier alpha value is -0.450. The van der Waals surface area contributed by atoms with Crippen LogP contribution in [0.5, 0.6) is 0 Å². The number of nitrogens with zero attached hydrogens (tertiary/aromatic N) is 1. The second-order valence-corrected chi connectivity index (χ2v) is 5.78. The van der Waals surface area contributed by atoms with Gasteiger partial charge in [0.25, 0.3) is 0 Å². The van der Waals surface area contributed by atoms with E-state index in [1.54, 1.807) is 11.3 Å². The molecule has 0 atom stereocenters. The highest BCUT2D eigenvalue weighted by Crippen LogP contribution is 2.23. The Morgan fingerprint density at radius 1 is 1.38 bits per heavy atom. The summed E-state index contributed by atoms with van der Waals surface area (Å²) >= 11 is 1.68. The van der Waals surface area contributed by atoms with Crippen molar-refractivity contribution >= 4 is 11.3 Å². The number of nitrogens with two attached hydrogens (primary N) is 1. The van der Waals surface area contributed by atoms with Gasteiger partial charge in [-0.05, 0) is 26.7 Å². The average Bonchev–Trinajstić information content (AvgIpc) is 2.80. The van der Waals surface area contributed by atoms with Crippen LogP contribution in [0.4, 0.5) is 0 Å². The fourth-order valence-electron chi connectivity index (χ4n) is 1.50. The van der Waals surface area contributed by atoms with E-state index in [9.17, 15) is 0 Å². The van der Waals surface area contributed by atoms with Gasteiger partial charge in [-0.25, -0.2) is 4.98 Å². The summed E-state index contributed by atoms with van der Waals surface area (Å²) in [6.45, 7) is 9.41. The number of hydrogen-bond acceptors (Lipinski definition) is 4. The normalized spacial score (nSPS) is 13.1. The number of rotatable bonds is 6. The molecule has 0 saturated carbocycles. The third-order valence-corrected chi connectivity index (χ3v) is 4.35. The number of nitrogens with one attached hydrogen (secondary N) is 1. The molecular weight excluding hydrogens is 218 g/mol. The molecule has 1 aromatic rings. The average molecular weight is 241 g/mol. The standard InChI is InChI=1S/C12H23N3S/c1-5-12(13,6-2)9-15-11(3,4)10-14-7-8-16-10/h7-8,15H,5-6,9,13H2,1-4H3. The second-order valence-electron chi connectivity index (χ2n) is 4.89. The fraction of sp³-hybridized carbons (Fsp3) is 0.750. The summed E-state index contributed by atoms with van der Waals surface area (Å²) < 4.78 is 0. The molecule has 0 amide bonds. The van der Waals surface area contributed by atoms with E-state index in [1.807, 2.05) is 11.6 Å². The van der Waals surface area contributed by atoms with E-state index in [4.69, 9.17) is 5.73 Å². The predicted molar refractivity (Wildman–Crippen MR) is 70.6 cm³/mol.